The van der Waals surface area contributed by atoms with E-state index in [-0.39, 0.29) is 29.8 Å². The molecule has 44 heavy (non-hydrogen) atoms. The lowest BCUT2D eigenvalue weighted by Crippen LogP contribution is -2.54. The monoisotopic (exact) mass is 651 g/mol. The molecule has 0 saturated heterocycles. The topological polar surface area (TPSA) is 86.8 Å². The van der Waals surface area contributed by atoms with Crippen LogP contribution in [0.2, 0.25) is 10.0 Å². The highest BCUT2D eigenvalue weighted by Crippen LogP contribution is 2.27. The average Bonchev–Trinajstić information content (AvgIpc) is 2.98. The van der Waals surface area contributed by atoms with E-state index in [0.29, 0.717) is 15.7 Å². The number of rotatable bonds is 12. The Bertz CT molecular complexity index is 1680. The first-order valence-corrected chi connectivity index (χ1v) is 16.4. The summed E-state index contributed by atoms with van der Waals surface area (Å²) in [5, 5.41) is 3.87. The zero-order chi connectivity index (χ0) is 31.9. The van der Waals surface area contributed by atoms with E-state index in [2.05, 4.69) is 5.32 Å². The summed E-state index contributed by atoms with van der Waals surface area (Å²) in [4.78, 5) is 29.6. The minimum atomic E-state index is -4.21. The van der Waals surface area contributed by atoms with Crippen LogP contribution in [0.3, 0.4) is 0 Å². The van der Waals surface area contributed by atoms with E-state index in [1.165, 1.54) is 29.2 Å². The zero-order valence-electron chi connectivity index (χ0n) is 24.8. The molecule has 4 aromatic carbocycles. The summed E-state index contributed by atoms with van der Waals surface area (Å²) in [5.41, 5.74) is 2.74. The maximum Gasteiger partial charge on any atom is 0.264 e. The standard InChI is InChI=1S/C34H35Cl2N3O4S/c1-24(2)37-34(41)32(21-26-9-5-4-6-10-26)38(22-27-12-14-28(35)15-13-27)33(40)23-39(30-11-7-8-25(3)20-30)44(42,43)31-18-16-29(36)17-19-31/h4-20,24,32H,21-23H2,1-3H3,(H,37,41). The van der Waals surface area contributed by atoms with Gasteiger partial charge in [-0.25, -0.2) is 8.42 Å². The maximum absolute atomic E-state index is 14.4. The molecular weight excluding hydrogens is 617 g/mol. The van der Waals surface area contributed by atoms with Gasteiger partial charge in [-0.15, -0.1) is 0 Å². The lowest BCUT2D eigenvalue weighted by atomic mass is 10.0. The van der Waals surface area contributed by atoms with Crippen LogP contribution in [0, 0.1) is 6.92 Å². The second kappa shape index (κ2) is 14.8. The molecule has 0 bridgehead atoms. The molecule has 0 aliphatic rings. The Morgan fingerprint density at radius 2 is 1.41 bits per heavy atom. The molecule has 2 amide bonds. The van der Waals surface area contributed by atoms with Gasteiger partial charge in [0.25, 0.3) is 10.0 Å². The summed E-state index contributed by atoms with van der Waals surface area (Å²) in [6, 6.07) is 28.0. The fraction of sp³-hybridized carbons (Fsp3) is 0.235. The minimum absolute atomic E-state index is 0.0150. The van der Waals surface area contributed by atoms with Crippen molar-refractivity contribution in [3.05, 3.63) is 130 Å². The number of halogens is 2. The van der Waals surface area contributed by atoms with E-state index in [9.17, 15) is 18.0 Å². The fourth-order valence-corrected chi connectivity index (χ4v) is 6.42. The molecule has 0 aliphatic carbocycles. The van der Waals surface area contributed by atoms with Gasteiger partial charge in [0.05, 0.1) is 10.6 Å². The van der Waals surface area contributed by atoms with Crippen LogP contribution in [-0.2, 0) is 32.6 Å². The quantitative estimate of drug-likeness (QED) is 0.186. The highest BCUT2D eigenvalue weighted by atomic mass is 35.5. The van der Waals surface area contributed by atoms with Crippen molar-refractivity contribution < 1.29 is 18.0 Å². The van der Waals surface area contributed by atoms with Crippen LogP contribution in [0.5, 0.6) is 0 Å². The van der Waals surface area contributed by atoms with Crippen molar-refractivity contribution >= 4 is 50.7 Å². The van der Waals surface area contributed by atoms with Crippen LogP contribution in [0.4, 0.5) is 5.69 Å². The number of sulfonamides is 1. The number of anilines is 1. The molecule has 0 heterocycles. The van der Waals surface area contributed by atoms with Gasteiger partial charge in [0, 0.05) is 29.1 Å². The number of amides is 2. The number of carbonyl (C=O) groups excluding carboxylic acids is 2. The largest absolute Gasteiger partial charge is 0.352 e. The predicted molar refractivity (Wildman–Crippen MR) is 176 cm³/mol. The number of carbonyl (C=O) groups is 2. The van der Waals surface area contributed by atoms with E-state index < -0.39 is 28.5 Å². The smallest absolute Gasteiger partial charge is 0.264 e. The normalized spacial score (nSPS) is 12.0. The molecule has 1 N–H and O–H groups in total. The van der Waals surface area contributed by atoms with E-state index in [0.717, 1.165) is 21.0 Å². The molecule has 7 nitrogen and oxygen atoms in total. The first-order valence-electron chi connectivity index (χ1n) is 14.2. The highest BCUT2D eigenvalue weighted by Gasteiger charge is 2.34. The van der Waals surface area contributed by atoms with Crippen molar-refractivity contribution in [3.63, 3.8) is 0 Å². The van der Waals surface area contributed by atoms with Gasteiger partial charge in [0.1, 0.15) is 12.6 Å². The molecule has 4 aromatic rings. The Hall–Kier alpha value is -3.85. The summed E-state index contributed by atoms with van der Waals surface area (Å²) in [6.45, 7) is 5.06. The second-order valence-corrected chi connectivity index (χ2v) is 13.6. The van der Waals surface area contributed by atoms with Gasteiger partial charge < -0.3 is 10.2 Å². The van der Waals surface area contributed by atoms with Crippen molar-refractivity contribution in [1.82, 2.24) is 10.2 Å². The van der Waals surface area contributed by atoms with Crippen LogP contribution in [0.15, 0.2) is 108 Å². The number of nitrogens with zero attached hydrogens (tertiary/aromatic N) is 2. The summed E-state index contributed by atoms with van der Waals surface area (Å²) in [6.07, 6.45) is 0.229. The van der Waals surface area contributed by atoms with Gasteiger partial charge >= 0.3 is 0 Å². The molecule has 230 valence electrons. The molecule has 0 aliphatic heterocycles. The van der Waals surface area contributed by atoms with Crippen molar-refractivity contribution in [1.29, 1.82) is 0 Å². The first kappa shape index (κ1) is 33.1. The average molecular weight is 653 g/mol. The van der Waals surface area contributed by atoms with Gasteiger partial charge in [-0.1, -0.05) is 77.8 Å². The highest BCUT2D eigenvalue weighted by molar-refractivity contribution is 7.92. The molecule has 0 aromatic heterocycles. The molecule has 0 radical (unpaired) electrons. The molecule has 0 saturated carbocycles. The fourth-order valence-electron chi connectivity index (χ4n) is 4.77. The van der Waals surface area contributed by atoms with Gasteiger partial charge in [-0.2, -0.15) is 0 Å². The SMILES string of the molecule is Cc1cccc(N(CC(=O)N(Cc2ccc(Cl)cc2)C(Cc2ccccc2)C(=O)NC(C)C)S(=O)(=O)c2ccc(Cl)cc2)c1. The summed E-state index contributed by atoms with van der Waals surface area (Å²) in [7, 11) is -4.21. The number of hydrogen-bond donors (Lipinski definition) is 1. The summed E-state index contributed by atoms with van der Waals surface area (Å²) < 4.78 is 29.2. The molecule has 10 heteroatoms. The van der Waals surface area contributed by atoms with Crippen LogP contribution >= 0.6 is 23.2 Å². The van der Waals surface area contributed by atoms with Crippen LogP contribution in [-0.4, -0.2) is 43.8 Å². The Balaban J connectivity index is 1.80. The molecule has 1 unspecified atom stereocenters. The van der Waals surface area contributed by atoms with Gasteiger partial charge in [-0.3, -0.25) is 13.9 Å². The maximum atomic E-state index is 14.4. The Morgan fingerprint density at radius 3 is 2.00 bits per heavy atom. The van der Waals surface area contributed by atoms with E-state index >= 15 is 0 Å². The van der Waals surface area contributed by atoms with Gasteiger partial charge in [0.15, 0.2) is 0 Å². The van der Waals surface area contributed by atoms with Gasteiger partial charge in [0.2, 0.25) is 11.8 Å². The van der Waals surface area contributed by atoms with Crippen LogP contribution in [0.1, 0.15) is 30.5 Å². The predicted octanol–water partition coefficient (Wildman–Crippen LogP) is 6.66. The Labute approximate surface area is 269 Å². The molecule has 1 atom stereocenters. The minimum Gasteiger partial charge on any atom is -0.352 e. The van der Waals surface area contributed by atoms with Gasteiger partial charge in [-0.05, 0) is 86.0 Å². The number of hydrogen-bond acceptors (Lipinski definition) is 4. The number of nitrogens with one attached hydrogen (secondary N) is 1. The van der Waals surface area contributed by atoms with Crippen molar-refractivity contribution in [3.8, 4) is 0 Å². The zero-order valence-corrected chi connectivity index (χ0v) is 27.1. The van der Waals surface area contributed by atoms with E-state index in [1.54, 1.807) is 42.5 Å². The third-order valence-electron chi connectivity index (χ3n) is 6.94. The van der Waals surface area contributed by atoms with Crippen molar-refractivity contribution in [2.45, 2.75) is 50.7 Å². The van der Waals surface area contributed by atoms with E-state index in [4.69, 9.17) is 23.2 Å². The third-order valence-corrected chi connectivity index (χ3v) is 9.23. The van der Waals surface area contributed by atoms with Crippen molar-refractivity contribution in [2.24, 2.45) is 0 Å². The molecule has 0 spiro atoms. The van der Waals surface area contributed by atoms with Crippen molar-refractivity contribution in [2.75, 3.05) is 10.8 Å². The third kappa shape index (κ3) is 8.62. The first-order chi connectivity index (χ1) is 20.9. The summed E-state index contributed by atoms with van der Waals surface area (Å²) >= 11 is 12.2. The lowest BCUT2D eigenvalue weighted by molar-refractivity contribution is -0.140. The number of aryl methyl sites for hydroxylation is 1. The second-order valence-electron chi connectivity index (χ2n) is 10.8. The lowest BCUT2D eigenvalue weighted by Gasteiger charge is -2.34. The van der Waals surface area contributed by atoms with Crippen LogP contribution in [0.25, 0.3) is 0 Å². The Kier molecular flexibility index (Phi) is 11.1. The van der Waals surface area contributed by atoms with E-state index in [1.807, 2.05) is 57.2 Å². The molecule has 4 rings (SSSR count). The van der Waals surface area contributed by atoms with Crippen LogP contribution < -0.4 is 9.62 Å². The summed E-state index contributed by atoms with van der Waals surface area (Å²) in [5.74, 6) is -0.882. The molecular formula is C34H35Cl2N3O4S. The number of benzene rings is 4. The Morgan fingerprint density at radius 1 is 0.795 bits per heavy atom. The molecule has 0 fully saturated rings.